The molecule has 0 atom stereocenters. The normalized spacial score (nSPS) is 15.0. The van der Waals surface area contributed by atoms with Crippen LogP contribution in [0, 0.1) is 0 Å². The lowest BCUT2D eigenvalue weighted by Crippen LogP contribution is -3.13. The number of aromatic nitrogens is 2. The molecule has 5 nitrogen and oxygen atoms in total. The number of nitrogens with one attached hydrogen (secondary N) is 1. The van der Waals surface area contributed by atoms with E-state index in [0.717, 1.165) is 37.7 Å². The molecule has 4 rings (SSSR count). The molecule has 28 heavy (non-hydrogen) atoms. The van der Waals surface area contributed by atoms with Crippen LogP contribution < -0.4 is 4.90 Å². The Hall–Kier alpha value is -2.63. The van der Waals surface area contributed by atoms with Crippen molar-refractivity contribution in [2.45, 2.75) is 13.1 Å². The second-order valence-corrected chi connectivity index (χ2v) is 7.70. The molecule has 0 radical (unpaired) electrons. The Morgan fingerprint density at radius 2 is 1.79 bits per heavy atom. The molecule has 144 valence electrons. The first-order valence-electron chi connectivity index (χ1n) is 9.61. The van der Waals surface area contributed by atoms with E-state index in [-0.39, 0.29) is 5.91 Å². The van der Waals surface area contributed by atoms with E-state index < -0.39 is 0 Å². The van der Waals surface area contributed by atoms with Gasteiger partial charge in [0.25, 0.3) is 5.91 Å². The predicted octanol–water partition coefficient (Wildman–Crippen LogP) is 2.13. The van der Waals surface area contributed by atoms with E-state index in [9.17, 15) is 4.79 Å². The summed E-state index contributed by atoms with van der Waals surface area (Å²) in [5.74, 6) is 0.0705. The molecule has 1 aromatic heterocycles. The minimum atomic E-state index is 0.0705. The fourth-order valence-electron chi connectivity index (χ4n) is 3.65. The standard InChI is InChI=1S/C22H23ClN4O/c23-21-8-4-7-19(13-21)15-25-9-11-26(12-10-25)22(28)20-14-24-27(17-20)16-18-5-2-1-3-6-18/h1-8,13-14,17H,9-12,15-16H2/p+1. The van der Waals surface area contributed by atoms with Crippen LogP contribution in [0.25, 0.3) is 0 Å². The summed E-state index contributed by atoms with van der Waals surface area (Å²) in [6.07, 6.45) is 3.52. The maximum Gasteiger partial charge on any atom is 0.257 e. The number of carbonyl (C=O) groups excluding carboxylic acids is 1. The summed E-state index contributed by atoms with van der Waals surface area (Å²) in [5, 5.41) is 5.13. The van der Waals surface area contributed by atoms with Crippen LogP contribution in [0.15, 0.2) is 67.0 Å². The number of amides is 1. The molecule has 0 saturated carbocycles. The molecule has 1 saturated heterocycles. The first-order chi connectivity index (χ1) is 13.7. The number of hydrogen-bond acceptors (Lipinski definition) is 2. The molecule has 6 heteroatoms. The fourth-order valence-corrected chi connectivity index (χ4v) is 3.86. The fraction of sp³-hybridized carbons (Fsp3) is 0.273. The van der Waals surface area contributed by atoms with Gasteiger partial charge in [0.15, 0.2) is 0 Å². The summed E-state index contributed by atoms with van der Waals surface area (Å²) in [5.41, 5.74) is 3.07. The number of benzene rings is 2. The number of rotatable bonds is 5. The SMILES string of the molecule is O=C(c1cnn(Cc2ccccc2)c1)N1CC[NH+](Cc2cccc(Cl)c2)CC1. The number of hydrogen-bond donors (Lipinski definition) is 1. The van der Waals surface area contributed by atoms with Crippen LogP contribution in [0.5, 0.6) is 0 Å². The molecular formula is C22H24ClN4O+. The van der Waals surface area contributed by atoms with Crippen molar-refractivity contribution in [2.24, 2.45) is 0 Å². The Morgan fingerprint density at radius 1 is 1.04 bits per heavy atom. The summed E-state index contributed by atoms with van der Waals surface area (Å²) in [6, 6.07) is 18.2. The van der Waals surface area contributed by atoms with Crippen molar-refractivity contribution in [3.8, 4) is 0 Å². The van der Waals surface area contributed by atoms with Gasteiger partial charge >= 0.3 is 0 Å². The molecule has 1 aliphatic rings. The van der Waals surface area contributed by atoms with E-state index in [2.05, 4.69) is 23.3 Å². The van der Waals surface area contributed by atoms with Gasteiger partial charge in [0.05, 0.1) is 44.5 Å². The van der Waals surface area contributed by atoms with Crippen molar-refractivity contribution in [1.29, 1.82) is 0 Å². The van der Waals surface area contributed by atoms with Gasteiger partial charge in [-0.1, -0.05) is 54.1 Å². The largest absolute Gasteiger partial charge is 0.328 e. The number of quaternary nitrogens is 1. The third kappa shape index (κ3) is 4.61. The smallest absolute Gasteiger partial charge is 0.257 e. The van der Waals surface area contributed by atoms with Gasteiger partial charge in [-0.05, 0) is 17.7 Å². The summed E-state index contributed by atoms with van der Waals surface area (Å²) >= 11 is 6.08. The van der Waals surface area contributed by atoms with Crippen LogP contribution in [0.3, 0.4) is 0 Å². The highest BCUT2D eigenvalue weighted by Crippen LogP contribution is 2.10. The summed E-state index contributed by atoms with van der Waals surface area (Å²) in [6.45, 7) is 5.02. The molecule has 3 aromatic rings. The first kappa shape index (κ1) is 18.7. The van der Waals surface area contributed by atoms with Crippen molar-refractivity contribution in [3.63, 3.8) is 0 Å². The van der Waals surface area contributed by atoms with Crippen molar-refractivity contribution < 1.29 is 9.69 Å². The zero-order chi connectivity index (χ0) is 19.3. The molecule has 1 N–H and O–H groups in total. The van der Waals surface area contributed by atoms with Gasteiger partial charge in [-0.2, -0.15) is 5.10 Å². The minimum Gasteiger partial charge on any atom is -0.328 e. The molecule has 0 aliphatic carbocycles. The van der Waals surface area contributed by atoms with Gasteiger partial charge in [0.1, 0.15) is 6.54 Å². The maximum atomic E-state index is 12.8. The van der Waals surface area contributed by atoms with Crippen LogP contribution in [-0.2, 0) is 13.1 Å². The molecule has 1 fully saturated rings. The van der Waals surface area contributed by atoms with Crippen LogP contribution in [-0.4, -0.2) is 46.8 Å². The van der Waals surface area contributed by atoms with Gasteiger partial charge in [0, 0.05) is 16.8 Å². The molecule has 0 unspecified atom stereocenters. The van der Waals surface area contributed by atoms with Gasteiger partial charge < -0.3 is 9.80 Å². The molecule has 2 aromatic carbocycles. The summed E-state index contributed by atoms with van der Waals surface area (Å²) in [7, 11) is 0. The second kappa shape index (κ2) is 8.59. The van der Waals surface area contributed by atoms with Gasteiger partial charge in [0.2, 0.25) is 0 Å². The zero-order valence-corrected chi connectivity index (χ0v) is 16.5. The zero-order valence-electron chi connectivity index (χ0n) is 15.7. The van der Waals surface area contributed by atoms with Crippen LogP contribution in [0.1, 0.15) is 21.5 Å². The van der Waals surface area contributed by atoms with Crippen LogP contribution in [0.4, 0.5) is 0 Å². The number of carbonyl (C=O) groups is 1. The molecule has 0 spiro atoms. The van der Waals surface area contributed by atoms with Crippen molar-refractivity contribution in [1.82, 2.24) is 14.7 Å². The van der Waals surface area contributed by atoms with Crippen molar-refractivity contribution in [2.75, 3.05) is 26.2 Å². The van der Waals surface area contributed by atoms with Crippen LogP contribution in [0.2, 0.25) is 5.02 Å². The summed E-state index contributed by atoms with van der Waals surface area (Å²) in [4.78, 5) is 16.2. The van der Waals surface area contributed by atoms with E-state index >= 15 is 0 Å². The van der Waals surface area contributed by atoms with Crippen molar-refractivity contribution >= 4 is 17.5 Å². The number of piperazine rings is 1. The average Bonchev–Trinajstić information content (AvgIpc) is 3.17. The third-order valence-corrected chi connectivity index (χ3v) is 5.40. The monoisotopic (exact) mass is 395 g/mol. The first-order valence-corrected chi connectivity index (χ1v) is 9.99. The Labute approximate surface area is 170 Å². The van der Waals surface area contributed by atoms with Gasteiger partial charge in [-0.25, -0.2) is 0 Å². The molecule has 0 bridgehead atoms. The average molecular weight is 396 g/mol. The molecule has 1 aliphatic heterocycles. The predicted molar refractivity (Wildman–Crippen MR) is 110 cm³/mol. The number of halogens is 1. The lowest BCUT2D eigenvalue weighted by atomic mass is 10.2. The third-order valence-electron chi connectivity index (χ3n) is 5.17. The quantitative estimate of drug-likeness (QED) is 0.719. The highest BCUT2D eigenvalue weighted by atomic mass is 35.5. The van der Waals surface area contributed by atoms with E-state index in [1.54, 1.807) is 6.20 Å². The summed E-state index contributed by atoms with van der Waals surface area (Å²) < 4.78 is 1.82. The maximum absolute atomic E-state index is 12.8. The lowest BCUT2D eigenvalue weighted by Gasteiger charge is -2.32. The number of nitrogens with zero attached hydrogens (tertiary/aromatic N) is 3. The van der Waals surface area contributed by atoms with Crippen molar-refractivity contribution in [3.05, 3.63) is 88.7 Å². The molecular weight excluding hydrogens is 372 g/mol. The van der Waals surface area contributed by atoms with Crippen LogP contribution >= 0.6 is 11.6 Å². The second-order valence-electron chi connectivity index (χ2n) is 7.26. The van der Waals surface area contributed by atoms with Gasteiger partial charge in [-0.3, -0.25) is 9.48 Å². The molecule has 1 amide bonds. The highest BCUT2D eigenvalue weighted by Gasteiger charge is 2.25. The Morgan fingerprint density at radius 3 is 2.54 bits per heavy atom. The van der Waals surface area contributed by atoms with E-state index in [0.29, 0.717) is 12.1 Å². The lowest BCUT2D eigenvalue weighted by molar-refractivity contribution is -0.917. The Kier molecular flexibility index (Phi) is 5.74. The minimum absolute atomic E-state index is 0.0705. The van der Waals surface area contributed by atoms with E-state index in [4.69, 9.17) is 11.6 Å². The topological polar surface area (TPSA) is 42.6 Å². The molecule has 2 heterocycles. The Bertz CT molecular complexity index is 932. The Balaban J connectivity index is 1.31. The van der Waals surface area contributed by atoms with E-state index in [1.807, 2.05) is 52.2 Å². The van der Waals surface area contributed by atoms with E-state index in [1.165, 1.54) is 16.0 Å². The highest BCUT2D eigenvalue weighted by molar-refractivity contribution is 6.30. The van der Waals surface area contributed by atoms with Gasteiger partial charge in [-0.15, -0.1) is 0 Å².